The van der Waals surface area contributed by atoms with Gasteiger partial charge in [0.25, 0.3) is 0 Å². The maximum atomic E-state index is 9.03. The molecule has 0 bridgehead atoms. The van der Waals surface area contributed by atoms with E-state index >= 15 is 0 Å². The van der Waals surface area contributed by atoms with Crippen molar-refractivity contribution in [2.45, 2.75) is 5.88 Å². The Morgan fingerprint density at radius 3 is 2.90 bits per heavy atom. The number of hydrogen-bond donors (Lipinski definition) is 0. The largest absolute Gasteiger partial charge is 0.497 e. The van der Waals surface area contributed by atoms with Crippen molar-refractivity contribution < 1.29 is 9.47 Å². The summed E-state index contributed by atoms with van der Waals surface area (Å²) in [5.41, 5.74) is 1.23. The molecule has 0 radical (unpaired) electrons. The maximum Gasteiger partial charge on any atom is 0.243 e. The van der Waals surface area contributed by atoms with Crippen LogP contribution < -0.4 is 9.47 Å². The highest BCUT2D eigenvalue weighted by molar-refractivity contribution is 7.15. The molecule has 0 aliphatic heterocycles. The number of nitrogens with zero attached hydrogens (tertiary/aromatic N) is 3. The van der Waals surface area contributed by atoms with Crippen molar-refractivity contribution in [1.29, 1.82) is 5.26 Å². The highest BCUT2D eigenvalue weighted by atomic mass is 35.5. The number of halogens is 1. The van der Waals surface area contributed by atoms with E-state index in [4.69, 9.17) is 26.3 Å². The van der Waals surface area contributed by atoms with Gasteiger partial charge in [-0.25, -0.2) is 0 Å². The number of ether oxygens (including phenoxy) is 2. The third-order valence-corrected chi connectivity index (χ3v) is 3.92. The minimum atomic E-state index is 0.280. The Labute approximate surface area is 129 Å². The first-order chi connectivity index (χ1) is 10.2. The van der Waals surface area contributed by atoms with E-state index in [0.29, 0.717) is 22.9 Å². The van der Waals surface area contributed by atoms with Gasteiger partial charge in [0, 0.05) is 17.6 Å². The summed E-state index contributed by atoms with van der Waals surface area (Å²) in [5.74, 6) is 1.76. The van der Waals surface area contributed by atoms with Crippen molar-refractivity contribution in [2.24, 2.45) is 0 Å². The van der Waals surface area contributed by atoms with Gasteiger partial charge in [-0.05, 0) is 12.1 Å². The second kappa shape index (κ2) is 5.64. The lowest BCUT2D eigenvalue weighted by Gasteiger charge is -2.07. The summed E-state index contributed by atoms with van der Waals surface area (Å²) >= 11 is 7.48. The SMILES string of the molecule is COc1cc(C#N)cc(Oc2nc3sccn3c2CCl)c1. The molecule has 5 nitrogen and oxygen atoms in total. The lowest BCUT2D eigenvalue weighted by atomic mass is 10.2. The molecule has 2 aromatic heterocycles. The van der Waals surface area contributed by atoms with E-state index in [0.717, 1.165) is 10.7 Å². The fraction of sp³-hybridized carbons (Fsp3) is 0.143. The van der Waals surface area contributed by atoms with Gasteiger partial charge in [0.15, 0.2) is 4.96 Å². The maximum absolute atomic E-state index is 9.03. The molecule has 21 heavy (non-hydrogen) atoms. The number of fused-ring (bicyclic) bond motifs is 1. The number of rotatable bonds is 4. The summed E-state index contributed by atoms with van der Waals surface area (Å²) in [6.45, 7) is 0. The molecule has 7 heteroatoms. The third-order valence-electron chi connectivity index (χ3n) is 2.91. The number of hydrogen-bond acceptors (Lipinski definition) is 5. The van der Waals surface area contributed by atoms with Gasteiger partial charge in [0.2, 0.25) is 5.88 Å². The molecule has 2 heterocycles. The molecule has 0 saturated heterocycles. The van der Waals surface area contributed by atoms with E-state index in [-0.39, 0.29) is 5.88 Å². The number of thiazole rings is 1. The van der Waals surface area contributed by atoms with Gasteiger partial charge in [0.1, 0.15) is 17.2 Å². The van der Waals surface area contributed by atoms with Crippen molar-refractivity contribution in [2.75, 3.05) is 7.11 Å². The van der Waals surface area contributed by atoms with E-state index < -0.39 is 0 Å². The highest BCUT2D eigenvalue weighted by Gasteiger charge is 2.15. The average molecular weight is 320 g/mol. The van der Waals surface area contributed by atoms with E-state index in [9.17, 15) is 0 Å². The lowest BCUT2D eigenvalue weighted by Crippen LogP contribution is -1.93. The lowest BCUT2D eigenvalue weighted by molar-refractivity contribution is 0.407. The molecule has 0 amide bonds. The first-order valence-electron chi connectivity index (χ1n) is 6.02. The fourth-order valence-corrected chi connectivity index (χ4v) is 2.91. The molecule has 1 aromatic carbocycles. The number of benzene rings is 1. The standard InChI is InChI=1S/C14H10ClN3O2S/c1-19-10-4-9(8-16)5-11(6-10)20-13-12(7-15)18-2-3-21-14(18)17-13/h2-6H,7H2,1H3. The van der Waals surface area contributed by atoms with Crippen molar-refractivity contribution in [3.63, 3.8) is 0 Å². The van der Waals surface area contributed by atoms with Crippen LogP contribution in [0.4, 0.5) is 0 Å². The van der Waals surface area contributed by atoms with Crippen LogP contribution in [0.15, 0.2) is 29.8 Å². The van der Waals surface area contributed by atoms with Gasteiger partial charge >= 0.3 is 0 Å². The normalized spacial score (nSPS) is 10.5. The number of aromatic nitrogens is 2. The van der Waals surface area contributed by atoms with Crippen LogP contribution in [0.5, 0.6) is 17.4 Å². The van der Waals surface area contributed by atoms with Gasteiger partial charge in [-0.1, -0.05) is 0 Å². The Kier molecular flexibility index (Phi) is 3.69. The van der Waals surface area contributed by atoms with Crippen molar-refractivity contribution >= 4 is 27.9 Å². The molecule has 0 fully saturated rings. The Balaban J connectivity index is 2.02. The molecular weight excluding hydrogens is 310 g/mol. The van der Waals surface area contributed by atoms with Gasteiger partial charge in [-0.2, -0.15) is 10.2 Å². The molecule has 0 N–H and O–H groups in total. The zero-order valence-electron chi connectivity index (χ0n) is 11.0. The minimum absolute atomic E-state index is 0.280. The van der Waals surface area contributed by atoms with E-state index in [1.54, 1.807) is 18.2 Å². The minimum Gasteiger partial charge on any atom is -0.497 e. The molecule has 0 spiro atoms. The Morgan fingerprint density at radius 2 is 2.19 bits per heavy atom. The van der Waals surface area contributed by atoms with E-state index in [1.807, 2.05) is 16.0 Å². The summed E-state index contributed by atoms with van der Waals surface area (Å²) in [4.78, 5) is 5.21. The van der Waals surface area contributed by atoms with Crippen LogP contribution in [0.2, 0.25) is 0 Å². The monoisotopic (exact) mass is 319 g/mol. The zero-order valence-corrected chi connectivity index (χ0v) is 12.6. The predicted octanol–water partition coefficient (Wildman–Crippen LogP) is 3.81. The molecule has 106 valence electrons. The Hall–Kier alpha value is -2.23. The zero-order chi connectivity index (χ0) is 14.8. The predicted molar refractivity (Wildman–Crippen MR) is 80.4 cm³/mol. The topological polar surface area (TPSA) is 59.5 Å². The molecule has 0 atom stereocenters. The first-order valence-corrected chi connectivity index (χ1v) is 7.44. The van der Waals surface area contributed by atoms with Crippen LogP contribution >= 0.6 is 22.9 Å². The summed E-state index contributed by atoms with van der Waals surface area (Å²) < 4.78 is 12.8. The quantitative estimate of drug-likeness (QED) is 0.686. The number of nitriles is 1. The second-order valence-electron chi connectivity index (χ2n) is 4.16. The van der Waals surface area contributed by atoms with Gasteiger partial charge < -0.3 is 9.47 Å². The first kappa shape index (κ1) is 13.7. The molecule has 3 aromatic rings. The van der Waals surface area contributed by atoms with Crippen LogP contribution in [0, 0.1) is 11.3 Å². The van der Waals surface area contributed by atoms with Gasteiger partial charge in [0.05, 0.1) is 24.6 Å². The van der Waals surface area contributed by atoms with Crippen molar-refractivity contribution in [3.8, 4) is 23.4 Å². The second-order valence-corrected chi connectivity index (χ2v) is 5.30. The van der Waals surface area contributed by atoms with Crippen LogP contribution in [0.3, 0.4) is 0 Å². The molecule has 0 aliphatic rings. The smallest absolute Gasteiger partial charge is 0.243 e. The third kappa shape index (κ3) is 2.53. The highest BCUT2D eigenvalue weighted by Crippen LogP contribution is 2.31. The molecule has 3 rings (SSSR count). The van der Waals surface area contributed by atoms with Gasteiger partial charge in [-0.3, -0.25) is 4.40 Å². The molecule has 0 saturated carbocycles. The summed E-state index contributed by atoms with van der Waals surface area (Å²) in [5, 5.41) is 11.0. The van der Waals surface area contributed by atoms with Crippen molar-refractivity contribution in [3.05, 3.63) is 41.0 Å². The number of imidazole rings is 1. The fourth-order valence-electron chi connectivity index (χ4n) is 1.94. The Bertz CT molecular complexity index is 834. The van der Waals surface area contributed by atoms with Gasteiger partial charge in [-0.15, -0.1) is 22.9 Å². The molecular formula is C14H10ClN3O2S. The van der Waals surface area contributed by atoms with Crippen LogP contribution in [0.1, 0.15) is 11.3 Å². The summed E-state index contributed by atoms with van der Waals surface area (Å²) in [6.07, 6.45) is 1.89. The van der Waals surface area contributed by atoms with Crippen molar-refractivity contribution in [1.82, 2.24) is 9.38 Å². The van der Waals surface area contributed by atoms with E-state index in [1.165, 1.54) is 18.4 Å². The average Bonchev–Trinajstić information content (AvgIpc) is 3.07. The number of alkyl halides is 1. The summed E-state index contributed by atoms with van der Waals surface area (Å²) in [6, 6.07) is 7.04. The summed E-state index contributed by atoms with van der Waals surface area (Å²) in [7, 11) is 1.54. The molecule has 0 aliphatic carbocycles. The van der Waals surface area contributed by atoms with Crippen LogP contribution in [0.25, 0.3) is 4.96 Å². The number of methoxy groups -OCH3 is 1. The molecule has 0 unspecified atom stereocenters. The Morgan fingerprint density at radius 1 is 1.38 bits per heavy atom. The van der Waals surface area contributed by atoms with Crippen LogP contribution in [-0.4, -0.2) is 16.5 Å². The van der Waals surface area contributed by atoms with Crippen LogP contribution in [-0.2, 0) is 5.88 Å². The van der Waals surface area contributed by atoms with E-state index in [2.05, 4.69) is 11.1 Å².